The van der Waals surface area contributed by atoms with Gasteiger partial charge in [0.25, 0.3) is 0 Å². The Morgan fingerprint density at radius 3 is 1.66 bits per heavy atom. The number of ether oxygens (including phenoxy) is 7. The molecule has 1 aliphatic carbocycles. The zero-order valence-corrected chi connectivity index (χ0v) is 59.9. The van der Waals surface area contributed by atoms with Crippen molar-refractivity contribution in [3.05, 3.63) is 24.3 Å². The molecule has 0 aromatic carbocycles. The van der Waals surface area contributed by atoms with E-state index in [0.29, 0.717) is 25.7 Å². The molecule has 18 atom stereocenters. The summed E-state index contributed by atoms with van der Waals surface area (Å²) in [5.74, 6) is -2.69. The van der Waals surface area contributed by atoms with Crippen molar-refractivity contribution in [1.29, 1.82) is 0 Å². The number of amides is 2. The number of carbonyl (C=O) groups excluding carboxylic acids is 4. The number of esters is 2. The number of hydrogen-bond donors (Lipinski definition) is 11. The molecule has 566 valence electrons. The highest BCUT2D eigenvalue weighted by molar-refractivity contribution is 7.48. The van der Waals surface area contributed by atoms with Gasteiger partial charge in [0, 0.05) is 39.5 Å². The second-order valence-corrected chi connectivity index (χ2v) is 28.0. The number of nitrogens with one attached hydrogen (secondary N) is 2. The minimum atomic E-state index is -4.27. The average molecular weight is 1410 g/mol. The van der Waals surface area contributed by atoms with E-state index in [0.717, 1.165) is 90.6 Å². The SMILES string of the molecule is CCCCCCCC/C=C\C(CCCCCC)C(=O)OC[C@H](COP(=O)(OC)OCCNC(=O)CCCCC(=O)NCCCO[C@@H]1OC(CO)[C@H](O)[C@H](O[C@H]2OC(CO)[C@H](O)[C@H](O)C2O)C1O[C@@H]1CC(C)[C@@H](O)[C@H](O)C1O)OC(=O)CCCCCCC/C=C/CCCCCCCC. The van der Waals surface area contributed by atoms with E-state index in [1.54, 1.807) is 6.92 Å². The van der Waals surface area contributed by atoms with Gasteiger partial charge in [-0.25, -0.2) is 4.57 Å². The number of allylic oxidation sites excluding steroid dienone is 3. The fourth-order valence-corrected chi connectivity index (χ4v) is 12.8. The molecule has 0 bridgehead atoms. The van der Waals surface area contributed by atoms with Crippen molar-refractivity contribution >= 4 is 31.6 Å². The van der Waals surface area contributed by atoms with Gasteiger partial charge in [-0.15, -0.1) is 0 Å². The van der Waals surface area contributed by atoms with Crippen molar-refractivity contribution in [3.8, 4) is 0 Å². The number of aliphatic hydroxyl groups excluding tert-OH is 9. The van der Waals surface area contributed by atoms with Crippen molar-refractivity contribution < 1.29 is 116 Å². The lowest BCUT2D eigenvalue weighted by molar-refractivity contribution is -0.371. The summed E-state index contributed by atoms with van der Waals surface area (Å²) in [5.41, 5.74) is 0. The molecule has 3 aliphatic rings. The van der Waals surface area contributed by atoms with Gasteiger partial charge < -0.3 is 89.8 Å². The van der Waals surface area contributed by atoms with Crippen LogP contribution in [0.5, 0.6) is 0 Å². The maximum atomic E-state index is 13.7. The first kappa shape index (κ1) is 88.1. The molecule has 8 unspecified atom stereocenters. The molecule has 0 spiro atoms. The highest BCUT2D eigenvalue weighted by Crippen LogP contribution is 2.48. The Kier molecular flexibility index (Phi) is 48.0. The van der Waals surface area contributed by atoms with Crippen molar-refractivity contribution in [1.82, 2.24) is 10.6 Å². The first-order valence-corrected chi connectivity index (χ1v) is 38.1. The van der Waals surface area contributed by atoms with Crippen LogP contribution in [0.15, 0.2) is 24.3 Å². The maximum Gasteiger partial charge on any atom is 0.474 e. The third-order valence-electron chi connectivity index (χ3n) is 18.0. The highest BCUT2D eigenvalue weighted by Gasteiger charge is 2.54. The van der Waals surface area contributed by atoms with E-state index in [4.69, 9.17) is 46.7 Å². The van der Waals surface area contributed by atoms with Crippen molar-refractivity contribution in [2.24, 2.45) is 11.8 Å². The van der Waals surface area contributed by atoms with Crippen molar-refractivity contribution in [2.45, 2.75) is 325 Å². The molecule has 2 aliphatic heterocycles. The van der Waals surface area contributed by atoms with Gasteiger partial charge in [-0.1, -0.05) is 161 Å². The first-order chi connectivity index (χ1) is 46.8. The predicted octanol–water partition coefficient (Wildman–Crippen LogP) is 7.50. The van der Waals surface area contributed by atoms with Crippen LogP contribution in [0, 0.1) is 11.8 Å². The second-order valence-electron chi connectivity index (χ2n) is 26.2. The van der Waals surface area contributed by atoms with Gasteiger partial charge in [-0.05, 0) is 83.0 Å². The smallest absolute Gasteiger partial charge is 0.461 e. The predicted molar refractivity (Wildman–Crippen MR) is 362 cm³/mol. The van der Waals surface area contributed by atoms with E-state index in [9.17, 15) is 69.7 Å². The van der Waals surface area contributed by atoms with Crippen LogP contribution in [-0.2, 0) is 70.5 Å². The van der Waals surface area contributed by atoms with Gasteiger partial charge in [0.15, 0.2) is 18.7 Å². The third-order valence-corrected chi connectivity index (χ3v) is 19.4. The zero-order valence-electron chi connectivity index (χ0n) is 59.0. The van der Waals surface area contributed by atoms with E-state index < -0.39 is 143 Å². The van der Waals surface area contributed by atoms with Crippen LogP contribution in [0.4, 0.5) is 0 Å². The summed E-state index contributed by atoms with van der Waals surface area (Å²) in [6.07, 6.45) is 13.5. The van der Waals surface area contributed by atoms with Crippen LogP contribution < -0.4 is 10.6 Å². The molecule has 1 saturated carbocycles. The summed E-state index contributed by atoms with van der Waals surface area (Å²) >= 11 is 0. The first-order valence-electron chi connectivity index (χ1n) is 36.7. The number of hydrogen-bond acceptors (Lipinski definition) is 24. The molecule has 0 radical (unpaired) electrons. The molecular formula is C70H127N2O24P. The largest absolute Gasteiger partial charge is 0.474 e. The van der Waals surface area contributed by atoms with E-state index in [-0.39, 0.29) is 76.8 Å². The number of phosphoric ester groups is 1. The normalized spacial score (nSPS) is 27.4. The van der Waals surface area contributed by atoms with Crippen LogP contribution in [0.3, 0.4) is 0 Å². The van der Waals surface area contributed by atoms with Crippen LogP contribution in [0.1, 0.15) is 233 Å². The van der Waals surface area contributed by atoms with Gasteiger partial charge >= 0.3 is 19.8 Å². The van der Waals surface area contributed by atoms with Crippen molar-refractivity contribution in [2.75, 3.05) is 59.8 Å². The summed E-state index contributed by atoms with van der Waals surface area (Å²) < 4.78 is 71.2. The van der Waals surface area contributed by atoms with Gasteiger partial charge in [0.1, 0.15) is 67.6 Å². The molecule has 0 aromatic heterocycles. The molecule has 26 nitrogen and oxygen atoms in total. The summed E-state index contributed by atoms with van der Waals surface area (Å²) in [5, 5.41) is 100. The lowest BCUT2D eigenvalue weighted by Crippen LogP contribution is -2.66. The lowest BCUT2D eigenvalue weighted by Gasteiger charge is -2.49. The summed E-state index contributed by atoms with van der Waals surface area (Å²) in [7, 11) is -3.14. The molecule has 2 amide bonds. The van der Waals surface area contributed by atoms with Gasteiger partial charge in [0.2, 0.25) is 11.8 Å². The van der Waals surface area contributed by atoms with E-state index in [1.165, 1.54) is 64.2 Å². The molecule has 0 aromatic rings. The quantitative estimate of drug-likeness (QED) is 0.0121. The number of phosphoric acid groups is 1. The highest BCUT2D eigenvalue weighted by atomic mass is 31.2. The van der Waals surface area contributed by atoms with Crippen LogP contribution in [0.25, 0.3) is 0 Å². The topological polar surface area (TPSA) is 384 Å². The molecule has 11 N–H and O–H groups in total. The summed E-state index contributed by atoms with van der Waals surface area (Å²) in [6, 6.07) is 0. The fourth-order valence-electron chi connectivity index (χ4n) is 11.8. The average Bonchev–Trinajstić information content (AvgIpc) is 0.780. The Bertz CT molecular complexity index is 2180. The van der Waals surface area contributed by atoms with Gasteiger partial charge in [0.05, 0.1) is 51.2 Å². The Morgan fingerprint density at radius 2 is 1.06 bits per heavy atom. The number of rotatable bonds is 56. The maximum absolute atomic E-state index is 13.7. The molecule has 3 fully saturated rings. The van der Waals surface area contributed by atoms with Crippen LogP contribution in [-0.4, -0.2) is 221 Å². The third kappa shape index (κ3) is 35.6. The molecule has 2 heterocycles. The number of carbonyl (C=O) groups is 4. The van der Waals surface area contributed by atoms with Gasteiger partial charge in [-0.3, -0.25) is 32.7 Å². The van der Waals surface area contributed by atoms with E-state index in [2.05, 4.69) is 49.6 Å². The van der Waals surface area contributed by atoms with Crippen LogP contribution >= 0.6 is 7.82 Å². The summed E-state index contributed by atoms with van der Waals surface area (Å²) in [4.78, 5) is 52.5. The Balaban J connectivity index is 1.48. The Morgan fingerprint density at radius 1 is 0.536 bits per heavy atom. The molecular weight excluding hydrogens is 1280 g/mol. The molecule has 2 saturated heterocycles. The zero-order chi connectivity index (χ0) is 71.2. The molecule has 3 rings (SSSR count). The molecule has 27 heteroatoms. The Labute approximate surface area is 577 Å². The van der Waals surface area contributed by atoms with E-state index in [1.807, 2.05) is 6.08 Å². The Hall–Kier alpha value is -3.09. The standard InChI is InChI=1S/C70H127N2O24P/c1-6-9-12-15-17-19-20-21-22-23-24-25-27-29-32-40-58(77)92-52(48-89-68(85)51(36-30-14-11-8-3)37-31-28-26-18-16-13-10-7-2)49-91-97(86,87-5)90-44-42-72-57(76)39-34-33-38-56(75)71-41-35-43-88-70-67(93-53-45-50(4)59(78)63(82)60(53)79)66(62(81)55(47-74)95-70)96-69-65(84)64(83)61(80)54(46-73)94-69/h21-22,31,37,50-55,59-67,69-70,73-74,78-84H,6-20,23-30,32-36,38-49H2,1-5H3,(H,71,75)(H,72,76)/b22-21+,37-31-/t50?,51?,52-,53-,54?,55?,59-,60?,61+,62+,63+,64+,65?,66+,67?,69-,70-,97?/m1/s1. The minimum absolute atomic E-state index is 0.0134. The lowest BCUT2D eigenvalue weighted by atomic mass is 9.81. The second kappa shape index (κ2) is 52.8. The number of unbranched alkanes of at least 4 members (excludes halogenated alkanes) is 21. The fraction of sp³-hybridized carbons (Fsp3) is 0.886. The van der Waals surface area contributed by atoms with Gasteiger partial charge in [-0.2, -0.15) is 0 Å². The monoisotopic (exact) mass is 1410 g/mol. The van der Waals surface area contributed by atoms with Crippen LogP contribution in [0.2, 0.25) is 0 Å². The molecule has 97 heavy (non-hydrogen) atoms. The van der Waals surface area contributed by atoms with E-state index >= 15 is 0 Å². The number of aliphatic hydroxyl groups is 9. The summed E-state index contributed by atoms with van der Waals surface area (Å²) in [6.45, 7) is 5.47. The minimum Gasteiger partial charge on any atom is -0.461 e. The van der Waals surface area contributed by atoms with Crippen molar-refractivity contribution in [3.63, 3.8) is 0 Å².